The molecule has 2 aromatic carbocycles. The van der Waals surface area contributed by atoms with Gasteiger partial charge < -0.3 is 0 Å². The first-order chi connectivity index (χ1) is 8.60. The summed E-state index contributed by atoms with van der Waals surface area (Å²) in [5, 5.41) is 0. The van der Waals surface area contributed by atoms with Crippen molar-refractivity contribution in [2.45, 2.75) is 19.9 Å². The second-order valence-electron chi connectivity index (χ2n) is 4.57. The minimum atomic E-state index is -0.239. The Hall–Kier alpha value is -1.71. The van der Waals surface area contributed by atoms with Crippen LogP contribution in [0.3, 0.4) is 0 Å². The number of hydrazine groups is 1. The summed E-state index contributed by atoms with van der Waals surface area (Å²) in [6.45, 7) is 3.90. The molecule has 0 aliphatic heterocycles. The van der Waals surface area contributed by atoms with Gasteiger partial charge in [0.05, 0.1) is 6.04 Å². The van der Waals surface area contributed by atoms with Crippen molar-refractivity contribution in [2.24, 2.45) is 5.84 Å². The van der Waals surface area contributed by atoms with Gasteiger partial charge in [-0.1, -0.05) is 35.9 Å². The third kappa shape index (κ3) is 2.75. The highest BCUT2D eigenvalue weighted by atomic mass is 19.1. The van der Waals surface area contributed by atoms with Crippen LogP contribution < -0.4 is 11.3 Å². The molecule has 1 unspecified atom stereocenters. The lowest BCUT2D eigenvalue weighted by Crippen LogP contribution is -2.29. The lowest BCUT2D eigenvalue weighted by molar-refractivity contribution is 0.604. The fourth-order valence-electron chi connectivity index (χ4n) is 2.08. The third-order valence-corrected chi connectivity index (χ3v) is 2.98. The van der Waals surface area contributed by atoms with Gasteiger partial charge in [-0.05, 0) is 42.7 Å². The number of nitrogens with one attached hydrogen (secondary N) is 1. The second-order valence-corrected chi connectivity index (χ2v) is 4.57. The van der Waals surface area contributed by atoms with E-state index in [4.69, 9.17) is 5.84 Å². The van der Waals surface area contributed by atoms with Crippen LogP contribution >= 0.6 is 0 Å². The number of rotatable bonds is 3. The Morgan fingerprint density at radius 3 is 2.17 bits per heavy atom. The molecule has 0 saturated heterocycles. The predicted molar refractivity (Wildman–Crippen MR) is 71.5 cm³/mol. The highest BCUT2D eigenvalue weighted by Crippen LogP contribution is 2.23. The number of benzene rings is 2. The Bertz CT molecular complexity index is 514. The molecule has 0 bridgehead atoms. The maximum Gasteiger partial charge on any atom is 0.123 e. The summed E-state index contributed by atoms with van der Waals surface area (Å²) in [6.07, 6.45) is 0. The summed E-state index contributed by atoms with van der Waals surface area (Å²) in [7, 11) is 0. The van der Waals surface area contributed by atoms with Gasteiger partial charge in [0.25, 0.3) is 0 Å². The quantitative estimate of drug-likeness (QED) is 0.643. The Morgan fingerprint density at radius 2 is 1.61 bits per heavy atom. The average molecular weight is 244 g/mol. The predicted octanol–water partition coefficient (Wildman–Crippen LogP) is 3.00. The molecular formula is C15H17FN2. The average Bonchev–Trinajstić information content (AvgIpc) is 2.31. The van der Waals surface area contributed by atoms with Gasteiger partial charge in [0.2, 0.25) is 0 Å². The summed E-state index contributed by atoms with van der Waals surface area (Å²) in [5.41, 5.74) is 6.67. The molecule has 2 rings (SSSR count). The van der Waals surface area contributed by atoms with Crippen LogP contribution in [0.4, 0.5) is 4.39 Å². The topological polar surface area (TPSA) is 38.0 Å². The molecular weight excluding hydrogens is 227 g/mol. The standard InChI is InChI=1S/C15H17FN2/c1-10-3-5-12(6-4-10)15(18-17)13-7-11(2)8-14(16)9-13/h3-9,15,18H,17H2,1-2H3. The van der Waals surface area contributed by atoms with Crippen LogP contribution in [0.5, 0.6) is 0 Å². The maximum atomic E-state index is 13.4. The van der Waals surface area contributed by atoms with Crippen molar-refractivity contribution in [3.8, 4) is 0 Å². The molecule has 0 aromatic heterocycles. The van der Waals surface area contributed by atoms with Crippen molar-refractivity contribution in [1.82, 2.24) is 5.43 Å². The molecule has 0 spiro atoms. The number of halogens is 1. The molecule has 3 heteroatoms. The lowest BCUT2D eigenvalue weighted by atomic mass is 9.97. The van der Waals surface area contributed by atoms with E-state index in [9.17, 15) is 4.39 Å². The zero-order chi connectivity index (χ0) is 13.1. The first-order valence-corrected chi connectivity index (χ1v) is 5.90. The number of aryl methyl sites for hydroxylation is 2. The highest BCUT2D eigenvalue weighted by molar-refractivity contribution is 5.35. The van der Waals surface area contributed by atoms with Gasteiger partial charge in [0, 0.05) is 0 Å². The van der Waals surface area contributed by atoms with Crippen LogP contribution in [-0.4, -0.2) is 0 Å². The van der Waals surface area contributed by atoms with Crippen LogP contribution in [0.1, 0.15) is 28.3 Å². The molecule has 3 N–H and O–H groups in total. The second kappa shape index (κ2) is 5.29. The van der Waals surface area contributed by atoms with E-state index in [0.29, 0.717) is 0 Å². The van der Waals surface area contributed by atoms with E-state index in [1.807, 2.05) is 44.2 Å². The van der Waals surface area contributed by atoms with Crippen LogP contribution in [-0.2, 0) is 0 Å². The van der Waals surface area contributed by atoms with E-state index >= 15 is 0 Å². The lowest BCUT2D eigenvalue weighted by Gasteiger charge is -2.17. The zero-order valence-corrected chi connectivity index (χ0v) is 10.6. The molecule has 2 nitrogen and oxygen atoms in total. The van der Waals surface area contributed by atoms with Gasteiger partial charge in [-0.3, -0.25) is 5.84 Å². The minimum absolute atomic E-state index is 0.194. The summed E-state index contributed by atoms with van der Waals surface area (Å²) >= 11 is 0. The van der Waals surface area contributed by atoms with Crippen molar-refractivity contribution < 1.29 is 4.39 Å². The van der Waals surface area contributed by atoms with Gasteiger partial charge in [0.15, 0.2) is 0 Å². The summed E-state index contributed by atoms with van der Waals surface area (Å²) in [4.78, 5) is 0. The largest absolute Gasteiger partial charge is 0.271 e. The van der Waals surface area contributed by atoms with E-state index in [1.165, 1.54) is 17.7 Å². The van der Waals surface area contributed by atoms with E-state index in [2.05, 4.69) is 5.43 Å². The molecule has 0 amide bonds. The molecule has 2 aromatic rings. The van der Waals surface area contributed by atoms with Gasteiger partial charge in [-0.2, -0.15) is 0 Å². The number of hydrogen-bond acceptors (Lipinski definition) is 2. The smallest absolute Gasteiger partial charge is 0.123 e. The Morgan fingerprint density at radius 1 is 0.944 bits per heavy atom. The van der Waals surface area contributed by atoms with E-state index < -0.39 is 0 Å². The first-order valence-electron chi connectivity index (χ1n) is 5.90. The van der Waals surface area contributed by atoms with Crippen molar-refractivity contribution in [2.75, 3.05) is 0 Å². The van der Waals surface area contributed by atoms with Crippen molar-refractivity contribution >= 4 is 0 Å². The van der Waals surface area contributed by atoms with Gasteiger partial charge in [-0.15, -0.1) is 0 Å². The van der Waals surface area contributed by atoms with Crippen molar-refractivity contribution in [3.63, 3.8) is 0 Å². The van der Waals surface area contributed by atoms with Crippen LogP contribution in [0, 0.1) is 19.7 Å². The van der Waals surface area contributed by atoms with E-state index in [1.54, 1.807) is 0 Å². The fraction of sp³-hybridized carbons (Fsp3) is 0.200. The Labute approximate surface area is 107 Å². The molecule has 0 heterocycles. The fourth-order valence-corrected chi connectivity index (χ4v) is 2.08. The molecule has 0 fully saturated rings. The van der Waals surface area contributed by atoms with Gasteiger partial charge in [-0.25, -0.2) is 9.82 Å². The normalized spacial score (nSPS) is 12.4. The minimum Gasteiger partial charge on any atom is -0.271 e. The van der Waals surface area contributed by atoms with Crippen LogP contribution in [0.25, 0.3) is 0 Å². The monoisotopic (exact) mass is 244 g/mol. The number of hydrogen-bond donors (Lipinski definition) is 2. The molecule has 0 aliphatic carbocycles. The Balaban J connectivity index is 2.41. The molecule has 94 valence electrons. The molecule has 1 atom stereocenters. The maximum absolute atomic E-state index is 13.4. The SMILES string of the molecule is Cc1ccc(C(NN)c2cc(C)cc(F)c2)cc1. The number of nitrogens with two attached hydrogens (primary N) is 1. The third-order valence-electron chi connectivity index (χ3n) is 2.98. The van der Waals surface area contributed by atoms with Gasteiger partial charge >= 0.3 is 0 Å². The Kier molecular flexibility index (Phi) is 3.75. The highest BCUT2D eigenvalue weighted by Gasteiger charge is 2.13. The van der Waals surface area contributed by atoms with Crippen LogP contribution in [0.15, 0.2) is 42.5 Å². The van der Waals surface area contributed by atoms with E-state index in [-0.39, 0.29) is 11.9 Å². The summed E-state index contributed by atoms with van der Waals surface area (Å²) in [6, 6.07) is 12.8. The van der Waals surface area contributed by atoms with Crippen molar-refractivity contribution in [3.05, 3.63) is 70.5 Å². The van der Waals surface area contributed by atoms with Crippen LogP contribution in [0.2, 0.25) is 0 Å². The first kappa shape index (κ1) is 12.7. The van der Waals surface area contributed by atoms with Gasteiger partial charge in [0.1, 0.15) is 5.82 Å². The molecule has 18 heavy (non-hydrogen) atoms. The molecule has 0 aliphatic rings. The molecule has 0 saturated carbocycles. The molecule has 0 radical (unpaired) electrons. The van der Waals surface area contributed by atoms with E-state index in [0.717, 1.165) is 16.7 Å². The summed E-state index contributed by atoms with van der Waals surface area (Å²) in [5.74, 6) is 5.36. The van der Waals surface area contributed by atoms with Crippen molar-refractivity contribution in [1.29, 1.82) is 0 Å². The zero-order valence-electron chi connectivity index (χ0n) is 10.6. The summed E-state index contributed by atoms with van der Waals surface area (Å²) < 4.78 is 13.4.